The predicted molar refractivity (Wildman–Crippen MR) is 67.8 cm³/mol. The molecule has 0 unspecified atom stereocenters. The quantitative estimate of drug-likeness (QED) is 0.630. The van der Waals surface area contributed by atoms with Crippen molar-refractivity contribution in [2.24, 2.45) is 0 Å². The van der Waals surface area contributed by atoms with Crippen LogP contribution in [0.2, 0.25) is 0 Å². The summed E-state index contributed by atoms with van der Waals surface area (Å²) in [7, 11) is 1.64. The Bertz CT molecular complexity index is 449. The largest absolute Gasteiger partial charge is 0.491 e. The molecule has 0 aliphatic carbocycles. The zero-order valence-electron chi connectivity index (χ0n) is 10.1. The third-order valence-corrected chi connectivity index (χ3v) is 2.24. The first-order valence-electron chi connectivity index (χ1n) is 5.32. The predicted octanol–water partition coefficient (Wildman–Crippen LogP) is 1.37. The second kappa shape index (κ2) is 5.80. The minimum atomic E-state index is -0.196. The second-order valence-corrected chi connectivity index (χ2v) is 3.52. The van der Waals surface area contributed by atoms with Crippen LogP contribution in [-0.2, 0) is 0 Å². The summed E-state index contributed by atoms with van der Waals surface area (Å²) >= 11 is 0. The fourth-order valence-electron chi connectivity index (χ4n) is 1.44. The van der Waals surface area contributed by atoms with Gasteiger partial charge in [0.15, 0.2) is 5.75 Å². The zero-order chi connectivity index (χ0) is 12.8. The number of hydrogen-bond acceptors (Lipinski definition) is 3. The number of para-hydroxylation sites is 1. The van der Waals surface area contributed by atoms with E-state index in [9.17, 15) is 4.79 Å². The Morgan fingerprint density at radius 3 is 2.88 bits per heavy atom. The van der Waals surface area contributed by atoms with Gasteiger partial charge in [0.1, 0.15) is 0 Å². The monoisotopic (exact) mass is 232 g/mol. The van der Waals surface area contributed by atoms with E-state index in [4.69, 9.17) is 16.9 Å². The van der Waals surface area contributed by atoms with Gasteiger partial charge in [-0.1, -0.05) is 12.0 Å². The normalized spacial score (nSPS) is 9.47. The maximum absolute atomic E-state index is 12.1. The molecule has 0 aromatic heterocycles. The van der Waals surface area contributed by atoms with Crippen LogP contribution in [-0.4, -0.2) is 31.0 Å². The molecule has 1 aromatic rings. The van der Waals surface area contributed by atoms with Crippen LogP contribution in [0.1, 0.15) is 17.3 Å². The molecule has 0 aliphatic heterocycles. The van der Waals surface area contributed by atoms with E-state index in [2.05, 4.69) is 5.92 Å². The molecule has 17 heavy (non-hydrogen) atoms. The molecule has 4 heteroatoms. The maximum Gasteiger partial charge on any atom is 0.258 e. The summed E-state index contributed by atoms with van der Waals surface area (Å²) in [5.74, 6) is 2.64. The number of rotatable bonds is 4. The van der Waals surface area contributed by atoms with Crippen LogP contribution in [0.5, 0.6) is 5.75 Å². The minimum absolute atomic E-state index is 0.196. The zero-order valence-corrected chi connectivity index (χ0v) is 10.1. The van der Waals surface area contributed by atoms with Gasteiger partial charge in [-0.2, -0.15) is 0 Å². The molecule has 1 aromatic carbocycles. The summed E-state index contributed by atoms with van der Waals surface area (Å²) in [5, 5.41) is 0. The van der Waals surface area contributed by atoms with Crippen LogP contribution < -0.4 is 10.5 Å². The van der Waals surface area contributed by atoms with Gasteiger partial charge in [0.05, 0.1) is 24.4 Å². The molecular weight excluding hydrogens is 216 g/mol. The highest BCUT2D eigenvalue weighted by Gasteiger charge is 2.17. The second-order valence-electron chi connectivity index (χ2n) is 3.52. The Kier molecular flexibility index (Phi) is 4.41. The summed E-state index contributed by atoms with van der Waals surface area (Å²) in [5.41, 5.74) is 6.67. The Morgan fingerprint density at radius 1 is 1.59 bits per heavy atom. The van der Waals surface area contributed by atoms with E-state index in [1.54, 1.807) is 25.2 Å². The molecule has 2 N–H and O–H groups in total. The standard InChI is InChI=1S/C13H16N2O2/c1-4-9-15(3)13(16)10-7-6-8-11(14)12(10)17-5-2/h1,6-8H,5,9,14H2,2-3H3. The molecule has 0 atom stereocenters. The molecule has 90 valence electrons. The van der Waals surface area contributed by atoms with Crippen molar-refractivity contribution in [2.45, 2.75) is 6.92 Å². The number of nitrogens with two attached hydrogens (primary N) is 1. The molecule has 0 saturated heterocycles. The molecule has 1 amide bonds. The third kappa shape index (κ3) is 2.91. The van der Waals surface area contributed by atoms with Gasteiger partial charge < -0.3 is 15.4 Å². The number of nitrogen functional groups attached to an aromatic ring is 1. The Morgan fingerprint density at radius 2 is 2.29 bits per heavy atom. The van der Waals surface area contributed by atoms with Crippen molar-refractivity contribution >= 4 is 11.6 Å². The lowest BCUT2D eigenvalue weighted by molar-refractivity contribution is 0.0808. The average molecular weight is 232 g/mol. The highest BCUT2D eigenvalue weighted by atomic mass is 16.5. The van der Waals surface area contributed by atoms with Crippen molar-refractivity contribution in [1.82, 2.24) is 4.90 Å². The number of carbonyl (C=O) groups excluding carboxylic acids is 1. The summed E-state index contributed by atoms with van der Waals surface area (Å²) in [6, 6.07) is 5.09. The van der Waals surface area contributed by atoms with Crippen molar-refractivity contribution in [3.05, 3.63) is 23.8 Å². The fourth-order valence-corrected chi connectivity index (χ4v) is 1.44. The highest BCUT2D eigenvalue weighted by molar-refractivity contribution is 5.98. The van der Waals surface area contributed by atoms with Gasteiger partial charge in [-0.3, -0.25) is 4.79 Å². The fraction of sp³-hybridized carbons (Fsp3) is 0.308. The Hall–Kier alpha value is -2.15. The van der Waals surface area contributed by atoms with Crippen molar-refractivity contribution < 1.29 is 9.53 Å². The number of ether oxygens (including phenoxy) is 1. The van der Waals surface area contributed by atoms with E-state index in [1.807, 2.05) is 6.92 Å². The minimum Gasteiger partial charge on any atom is -0.491 e. The lowest BCUT2D eigenvalue weighted by Gasteiger charge is -2.17. The first-order valence-corrected chi connectivity index (χ1v) is 5.32. The first-order chi connectivity index (χ1) is 8.11. The Balaban J connectivity index is 3.09. The molecule has 4 nitrogen and oxygen atoms in total. The van der Waals surface area contributed by atoms with E-state index < -0.39 is 0 Å². The number of benzene rings is 1. The number of carbonyl (C=O) groups is 1. The SMILES string of the molecule is C#CCN(C)C(=O)c1cccc(N)c1OCC. The van der Waals surface area contributed by atoms with Crippen LogP contribution in [0, 0.1) is 12.3 Å². The number of anilines is 1. The molecule has 0 bridgehead atoms. The van der Waals surface area contributed by atoms with Crippen LogP contribution in [0.25, 0.3) is 0 Å². The van der Waals surface area contributed by atoms with Gasteiger partial charge in [0.2, 0.25) is 0 Å². The molecule has 0 spiro atoms. The van der Waals surface area contributed by atoms with Crippen LogP contribution in [0.4, 0.5) is 5.69 Å². The van der Waals surface area contributed by atoms with Crippen LogP contribution >= 0.6 is 0 Å². The average Bonchev–Trinajstić information content (AvgIpc) is 2.31. The van der Waals surface area contributed by atoms with Crippen molar-refractivity contribution in [3.8, 4) is 18.1 Å². The summed E-state index contributed by atoms with van der Waals surface area (Å²) in [6.07, 6.45) is 5.17. The van der Waals surface area contributed by atoms with E-state index in [-0.39, 0.29) is 12.5 Å². The van der Waals surface area contributed by atoms with E-state index in [0.717, 1.165) is 0 Å². The van der Waals surface area contributed by atoms with E-state index >= 15 is 0 Å². The molecule has 0 saturated carbocycles. The number of nitrogens with zero attached hydrogens (tertiary/aromatic N) is 1. The van der Waals surface area contributed by atoms with Gasteiger partial charge in [0.25, 0.3) is 5.91 Å². The van der Waals surface area contributed by atoms with E-state index in [1.165, 1.54) is 4.90 Å². The summed E-state index contributed by atoms with van der Waals surface area (Å²) in [6.45, 7) is 2.54. The highest BCUT2D eigenvalue weighted by Crippen LogP contribution is 2.27. The lowest BCUT2D eigenvalue weighted by Crippen LogP contribution is -2.27. The third-order valence-electron chi connectivity index (χ3n) is 2.24. The van der Waals surface area contributed by atoms with Crippen LogP contribution in [0.3, 0.4) is 0 Å². The lowest BCUT2D eigenvalue weighted by atomic mass is 10.1. The maximum atomic E-state index is 12.1. The first kappa shape index (κ1) is 12.9. The number of amides is 1. The van der Waals surface area contributed by atoms with Gasteiger partial charge in [-0.05, 0) is 19.1 Å². The van der Waals surface area contributed by atoms with Gasteiger partial charge in [-0.25, -0.2) is 0 Å². The van der Waals surface area contributed by atoms with Crippen LogP contribution in [0.15, 0.2) is 18.2 Å². The van der Waals surface area contributed by atoms with Gasteiger partial charge in [-0.15, -0.1) is 6.42 Å². The molecule has 0 radical (unpaired) electrons. The summed E-state index contributed by atoms with van der Waals surface area (Å²) < 4.78 is 5.39. The number of terminal acetylenes is 1. The summed E-state index contributed by atoms with van der Waals surface area (Å²) in [4.78, 5) is 13.5. The number of hydrogen-bond donors (Lipinski definition) is 1. The van der Waals surface area contributed by atoms with Crippen molar-refractivity contribution in [2.75, 3.05) is 25.9 Å². The molecular formula is C13H16N2O2. The topological polar surface area (TPSA) is 55.6 Å². The van der Waals surface area contributed by atoms with E-state index in [0.29, 0.717) is 23.6 Å². The van der Waals surface area contributed by atoms with Crippen molar-refractivity contribution in [1.29, 1.82) is 0 Å². The molecule has 0 aliphatic rings. The Labute approximate surface area is 101 Å². The van der Waals surface area contributed by atoms with Gasteiger partial charge in [0, 0.05) is 7.05 Å². The molecule has 0 fully saturated rings. The smallest absolute Gasteiger partial charge is 0.258 e. The van der Waals surface area contributed by atoms with Gasteiger partial charge >= 0.3 is 0 Å². The molecule has 0 heterocycles. The molecule has 1 rings (SSSR count). The van der Waals surface area contributed by atoms with Crippen molar-refractivity contribution in [3.63, 3.8) is 0 Å².